The molecule has 1 amide bonds. The molecule has 0 unspecified atom stereocenters. The van der Waals surface area contributed by atoms with Gasteiger partial charge in [-0.1, -0.05) is 60.7 Å². The van der Waals surface area contributed by atoms with Crippen molar-refractivity contribution in [3.63, 3.8) is 0 Å². The fourth-order valence-electron chi connectivity index (χ4n) is 3.15. The molecule has 2 N–H and O–H groups in total. The van der Waals surface area contributed by atoms with Crippen molar-refractivity contribution in [1.29, 1.82) is 0 Å². The number of carbonyl (C=O) groups excluding carboxylic acids is 1. The van der Waals surface area contributed by atoms with Gasteiger partial charge in [-0.25, -0.2) is 4.79 Å². The van der Waals surface area contributed by atoms with E-state index in [1.165, 1.54) is 6.08 Å². The average molecular weight is 510 g/mol. The van der Waals surface area contributed by atoms with Gasteiger partial charge in [0.05, 0.1) is 11.6 Å². The Hall–Kier alpha value is -3.58. The molecular weight excluding hydrogens is 486 g/mol. The number of carboxylic acid groups (broad SMARTS) is 1. The Labute approximate surface area is 201 Å². The molecule has 0 fully saturated rings. The number of methoxy groups -OCH3 is 1. The maximum atomic E-state index is 12.4. The summed E-state index contributed by atoms with van der Waals surface area (Å²) in [6.45, 7) is 0.380. The van der Waals surface area contributed by atoms with Crippen molar-refractivity contribution in [1.82, 2.24) is 5.32 Å². The Bertz CT molecular complexity index is 1120. The van der Waals surface area contributed by atoms with Gasteiger partial charge in [-0.15, -0.1) is 0 Å². The van der Waals surface area contributed by atoms with Crippen molar-refractivity contribution in [3.05, 3.63) is 100 Å². The minimum Gasteiger partial charge on any atom is -0.493 e. The quantitative estimate of drug-likeness (QED) is 0.381. The first kappa shape index (κ1) is 24.1. The van der Waals surface area contributed by atoms with E-state index in [0.29, 0.717) is 28.1 Å². The zero-order chi connectivity index (χ0) is 23.6. The second-order valence-electron chi connectivity index (χ2n) is 7.23. The van der Waals surface area contributed by atoms with E-state index in [1.807, 2.05) is 60.7 Å². The van der Waals surface area contributed by atoms with Gasteiger partial charge in [-0.3, -0.25) is 4.79 Å². The molecule has 1 atom stereocenters. The highest BCUT2D eigenvalue weighted by Gasteiger charge is 2.19. The number of carbonyl (C=O) groups is 2. The molecule has 6 nitrogen and oxygen atoms in total. The molecule has 0 saturated carbocycles. The van der Waals surface area contributed by atoms with Crippen LogP contribution in [0.15, 0.2) is 83.3 Å². The molecule has 0 aliphatic heterocycles. The fraction of sp³-hybridized carbons (Fsp3) is 0.154. The highest BCUT2D eigenvalue weighted by atomic mass is 79.9. The molecular formula is C26H24BrNO5. The summed E-state index contributed by atoms with van der Waals surface area (Å²) in [7, 11) is 1.54. The van der Waals surface area contributed by atoms with E-state index in [1.54, 1.807) is 25.3 Å². The number of nitrogens with one attached hydrogen (secondary N) is 1. The zero-order valence-electron chi connectivity index (χ0n) is 18.0. The van der Waals surface area contributed by atoms with Crippen LogP contribution in [0, 0.1) is 0 Å². The van der Waals surface area contributed by atoms with Crippen molar-refractivity contribution in [2.75, 3.05) is 7.11 Å². The minimum atomic E-state index is -1.09. The summed E-state index contributed by atoms with van der Waals surface area (Å²) in [5, 5.41) is 12.0. The monoisotopic (exact) mass is 509 g/mol. The maximum absolute atomic E-state index is 12.4. The lowest BCUT2D eigenvalue weighted by molar-refractivity contribution is -0.141. The van der Waals surface area contributed by atoms with Crippen LogP contribution in [0.1, 0.15) is 16.7 Å². The number of benzene rings is 3. The molecule has 7 heteroatoms. The second-order valence-corrected chi connectivity index (χ2v) is 8.09. The number of hydrogen-bond donors (Lipinski definition) is 2. The van der Waals surface area contributed by atoms with Gasteiger partial charge in [0.2, 0.25) is 5.91 Å². The summed E-state index contributed by atoms with van der Waals surface area (Å²) in [5.74, 6) is -0.535. The molecule has 33 heavy (non-hydrogen) atoms. The molecule has 170 valence electrons. The number of ether oxygens (including phenoxy) is 2. The number of aliphatic carboxylic acids is 1. The van der Waals surface area contributed by atoms with E-state index in [0.717, 1.165) is 11.1 Å². The summed E-state index contributed by atoms with van der Waals surface area (Å²) in [5.41, 5.74) is 2.54. The van der Waals surface area contributed by atoms with Gasteiger partial charge in [-0.2, -0.15) is 0 Å². The first-order valence-corrected chi connectivity index (χ1v) is 11.0. The molecule has 3 aromatic carbocycles. The second kappa shape index (κ2) is 11.9. The topological polar surface area (TPSA) is 84.9 Å². The van der Waals surface area contributed by atoms with Crippen LogP contribution in [0.25, 0.3) is 6.08 Å². The van der Waals surface area contributed by atoms with Crippen molar-refractivity contribution >= 4 is 33.9 Å². The van der Waals surface area contributed by atoms with E-state index >= 15 is 0 Å². The maximum Gasteiger partial charge on any atom is 0.326 e. The third-order valence-corrected chi connectivity index (χ3v) is 5.39. The summed E-state index contributed by atoms with van der Waals surface area (Å²) < 4.78 is 12.0. The van der Waals surface area contributed by atoms with Gasteiger partial charge in [-0.05, 0) is 50.8 Å². The van der Waals surface area contributed by atoms with Gasteiger partial charge in [0, 0.05) is 12.5 Å². The standard InChI is InChI=1S/C26H24BrNO5/c1-32-23-16-20(14-21(27)25(23)33-17-19-10-6-3-7-11-19)12-13-24(29)28-22(26(30)31)15-18-8-4-2-5-9-18/h2-14,16,22H,15,17H2,1H3,(H,28,29)(H,30,31)/b13-12+/t22-/m0/s1. The third-order valence-electron chi connectivity index (χ3n) is 4.80. The molecule has 0 aliphatic carbocycles. The Kier molecular flexibility index (Phi) is 8.66. The van der Waals surface area contributed by atoms with Crippen molar-refractivity contribution in [2.45, 2.75) is 19.1 Å². The van der Waals surface area contributed by atoms with E-state index in [9.17, 15) is 14.7 Å². The smallest absolute Gasteiger partial charge is 0.326 e. The Morgan fingerprint density at radius 3 is 2.27 bits per heavy atom. The predicted octanol–water partition coefficient (Wildman–Crippen LogP) is 4.86. The molecule has 0 bridgehead atoms. The summed E-state index contributed by atoms with van der Waals surface area (Å²) in [6.07, 6.45) is 3.08. The number of rotatable bonds is 10. The first-order chi connectivity index (χ1) is 16.0. The van der Waals surface area contributed by atoms with Gasteiger partial charge in [0.1, 0.15) is 12.6 Å². The van der Waals surface area contributed by atoms with Crippen LogP contribution in [0.2, 0.25) is 0 Å². The Balaban J connectivity index is 1.67. The van der Waals surface area contributed by atoms with Crippen molar-refractivity contribution in [2.24, 2.45) is 0 Å². The molecule has 3 rings (SSSR count). The zero-order valence-corrected chi connectivity index (χ0v) is 19.6. The normalized spacial score (nSPS) is 11.7. The lowest BCUT2D eigenvalue weighted by atomic mass is 10.1. The highest BCUT2D eigenvalue weighted by molar-refractivity contribution is 9.10. The number of halogens is 1. The van der Waals surface area contributed by atoms with Crippen LogP contribution >= 0.6 is 15.9 Å². The number of hydrogen-bond acceptors (Lipinski definition) is 4. The van der Waals surface area contributed by atoms with E-state index < -0.39 is 17.9 Å². The summed E-state index contributed by atoms with van der Waals surface area (Å²) >= 11 is 3.50. The Morgan fingerprint density at radius 2 is 1.67 bits per heavy atom. The van der Waals surface area contributed by atoms with Crippen LogP contribution < -0.4 is 14.8 Å². The van der Waals surface area contributed by atoms with Crippen LogP contribution in [-0.4, -0.2) is 30.1 Å². The molecule has 0 spiro atoms. The lowest BCUT2D eigenvalue weighted by Gasteiger charge is -2.14. The van der Waals surface area contributed by atoms with Gasteiger partial charge >= 0.3 is 5.97 Å². The van der Waals surface area contributed by atoms with Crippen molar-refractivity contribution in [3.8, 4) is 11.5 Å². The van der Waals surface area contributed by atoms with Crippen LogP contribution in [0.4, 0.5) is 0 Å². The fourth-order valence-corrected chi connectivity index (χ4v) is 3.72. The first-order valence-electron chi connectivity index (χ1n) is 10.3. The van der Waals surface area contributed by atoms with Gasteiger partial charge in [0.15, 0.2) is 11.5 Å². The lowest BCUT2D eigenvalue weighted by Crippen LogP contribution is -2.41. The molecule has 0 aromatic heterocycles. The van der Waals surface area contributed by atoms with Crippen LogP contribution in [-0.2, 0) is 22.6 Å². The molecule has 0 radical (unpaired) electrons. The summed E-state index contributed by atoms with van der Waals surface area (Å²) in [6, 6.07) is 21.4. The molecule has 0 heterocycles. The molecule has 0 aliphatic rings. The van der Waals surface area contributed by atoms with Gasteiger partial charge < -0.3 is 19.9 Å². The van der Waals surface area contributed by atoms with E-state index in [4.69, 9.17) is 9.47 Å². The van der Waals surface area contributed by atoms with Crippen LogP contribution in [0.3, 0.4) is 0 Å². The minimum absolute atomic E-state index is 0.197. The molecule has 0 saturated heterocycles. The van der Waals surface area contributed by atoms with Crippen molar-refractivity contribution < 1.29 is 24.2 Å². The summed E-state index contributed by atoms with van der Waals surface area (Å²) in [4.78, 5) is 23.9. The Morgan fingerprint density at radius 1 is 1.03 bits per heavy atom. The molecule has 3 aromatic rings. The number of carboxylic acids is 1. The SMILES string of the molecule is COc1cc(/C=C/C(=O)N[C@@H](Cc2ccccc2)C(=O)O)cc(Br)c1OCc1ccccc1. The third kappa shape index (κ3) is 7.22. The predicted molar refractivity (Wildman–Crippen MR) is 130 cm³/mol. The van der Waals surface area contributed by atoms with Gasteiger partial charge in [0.25, 0.3) is 0 Å². The number of amides is 1. The van der Waals surface area contributed by atoms with Crippen LogP contribution in [0.5, 0.6) is 11.5 Å². The largest absolute Gasteiger partial charge is 0.493 e. The van der Waals surface area contributed by atoms with E-state index in [2.05, 4.69) is 21.2 Å². The van der Waals surface area contributed by atoms with E-state index in [-0.39, 0.29) is 6.42 Å². The average Bonchev–Trinajstić information content (AvgIpc) is 2.82. The highest BCUT2D eigenvalue weighted by Crippen LogP contribution is 2.37.